The van der Waals surface area contributed by atoms with Gasteiger partial charge in [0.1, 0.15) is 0 Å². The van der Waals surface area contributed by atoms with Crippen molar-refractivity contribution in [1.82, 2.24) is 10.3 Å². The molecule has 0 unspecified atom stereocenters. The van der Waals surface area contributed by atoms with Crippen LogP contribution in [0, 0.1) is 0 Å². The molecular weight excluding hydrogens is 318 g/mol. The second-order valence-electron chi connectivity index (χ2n) is 5.49. The molecular formula is C19H19N3O3. The van der Waals surface area contributed by atoms with Crippen molar-refractivity contribution in [1.29, 1.82) is 0 Å². The highest BCUT2D eigenvalue weighted by molar-refractivity contribution is 6.07. The van der Waals surface area contributed by atoms with Crippen molar-refractivity contribution in [2.24, 2.45) is 0 Å². The molecule has 25 heavy (non-hydrogen) atoms. The first-order valence-electron chi connectivity index (χ1n) is 7.73. The Morgan fingerprint density at radius 1 is 1.08 bits per heavy atom. The lowest BCUT2D eigenvalue weighted by Crippen LogP contribution is -2.22. The van der Waals surface area contributed by atoms with Gasteiger partial charge in [-0.3, -0.25) is 19.4 Å². The summed E-state index contributed by atoms with van der Waals surface area (Å²) in [5.41, 5.74) is 2.27. The first kappa shape index (κ1) is 18.1. The second-order valence-corrected chi connectivity index (χ2v) is 5.49. The lowest BCUT2D eigenvalue weighted by atomic mass is 10.1. The van der Waals surface area contributed by atoms with E-state index in [-0.39, 0.29) is 23.2 Å². The minimum absolute atomic E-state index is 0.0424. The predicted molar refractivity (Wildman–Crippen MR) is 94.9 cm³/mol. The summed E-state index contributed by atoms with van der Waals surface area (Å²) in [6, 6.07) is 10.2. The number of hydrogen-bond acceptors (Lipinski definition) is 4. The van der Waals surface area contributed by atoms with Crippen molar-refractivity contribution in [3.63, 3.8) is 0 Å². The molecule has 0 fully saturated rings. The Balaban J connectivity index is 1.90. The van der Waals surface area contributed by atoms with Gasteiger partial charge in [0.15, 0.2) is 5.78 Å². The van der Waals surface area contributed by atoms with Gasteiger partial charge in [-0.2, -0.15) is 0 Å². The van der Waals surface area contributed by atoms with Gasteiger partial charge in [0, 0.05) is 41.8 Å². The fraction of sp³-hybridized carbons (Fsp3) is 0.158. The average molecular weight is 337 g/mol. The number of anilines is 1. The average Bonchev–Trinajstić information content (AvgIpc) is 2.61. The van der Waals surface area contributed by atoms with Gasteiger partial charge in [0.2, 0.25) is 5.91 Å². The third-order valence-corrected chi connectivity index (χ3v) is 3.44. The fourth-order valence-electron chi connectivity index (χ4n) is 2.02. The molecule has 0 radical (unpaired) electrons. The van der Waals surface area contributed by atoms with Crippen LogP contribution in [0.4, 0.5) is 5.69 Å². The standard InChI is InChI=1S/C19H19N3O3/c1-13(10-18(24)21-12-15-4-3-9-20-11-15)19(25)22-17-7-5-16(6-8-17)14(2)23/h3-11H,12H2,1-2H3,(H,21,24)(H,22,25)/b13-10-. The number of Topliss-reactive ketones (excluding diaryl/α,β-unsaturated/α-hetero) is 1. The van der Waals surface area contributed by atoms with E-state index in [4.69, 9.17) is 0 Å². The molecule has 0 saturated carbocycles. The van der Waals surface area contributed by atoms with Crippen LogP contribution >= 0.6 is 0 Å². The third kappa shape index (κ3) is 5.69. The Labute approximate surface area is 146 Å². The topological polar surface area (TPSA) is 88.2 Å². The molecule has 6 heteroatoms. The van der Waals surface area contributed by atoms with E-state index in [1.807, 2.05) is 6.07 Å². The van der Waals surface area contributed by atoms with Gasteiger partial charge in [-0.25, -0.2) is 0 Å². The number of nitrogens with zero attached hydrogens (tertiary/aromatic N) is 1. The fourth-order valence-corrected chi connectivity index (χ4v) is 2.02. The van der Waals surface area contributed by atoms with Crippen LogP contribution in [0.25, 0.3) is 0 Å². The van der Waals surface area contributed by atoms with Gasteiger partial charge in [-0.1, -0.05) is 6.07 Å². The Hall–Kier alpha value is -3.28. The number of carbonyl (C=O) groups excluding carboxylic acids is 3. The van der Waals surface area contributed by atoms with E-state index in [2.05, 4.69) is 15.6 Å². The minimum Gasteiger partial charge on any atom is -0.348 e. The first-order valence-corrected chi connectivity index (χ1v) is 7.73. The Morgan fingerprint density at radius 2 is 1.80 bits per heavy atom. The van der Waals surface area contributed by atoms with Crippen molar-refractivity contribution in [2.75, 3.05) is 5.32 Å². The number of nitrogens with one attached hydrogen (secondary N) is 2. The summed E-state index contributed by atoms with van der Waals surface area (Å²) in [5.74, 6) is -0.783. The maximum atomic E-state index is 12.1. The first-order chi connectivity index (χ1) is 12.0. The highest BCUT2D eigenvalue weighted by atomic mass is 16.2. The Bertz CT molecular complexity index is 796. The van der Waals surface area contributed by atoms with Crippen LogP contribution in [0.2, 0.25) is 0 Å². The van der Waals surface area contributed by atoms with E-state index in [1.165, 1.54) is 13.0 Å². The molecule has 0 aliphatic heterocycles. The summed E-state index contributed by atoms with van der Waals surface area (Å²) < 4.78 is 0. The minimum atomic E-state index is -0.382. The van der Waals surface area contributed by atoms with Crippen LogP contribution in [0.1, 0.15) is 29.8 Å². The SMILES string of the molecule is CC(=O)c1ccc(NC(=O)/C(C)=C\C(=O)NCc2cccnc2)cc1. The molecule has 128 valence electrons. The van der Waals surface area contributed by atoms with Crippen molar-refractivity contribution < 1.29 is 14.4 Å². The molecule has 0 bridgehead atoms. The Morgan fingerprint density at radius 3 is 2.40 bits per heavy atom. The molecule has 0 atom stereocenters. The maximum absolute atomic E-state index is 12.1. The number of amides is 2. The molecule has 2 aromatic rings. The molecule has 0 aliphatic rings. The highest BCUT2D eigenvalue weighted by Gasteiger charge is 2.08. The van der Waals surface area contributed by atoms with Crippen LogP contribution in [0.5, 0.6) is 0 Å². The van der Waals surface area contributed by atoms with E-state index >= 15 is 0 Å². The number of pyridine rings is 1. The molecule has 0 spiro atoms. The molecule has 2 N–H and O–H groups in total. The maximum Gasteiger partial charge on any atom is 0.251 e. The molecule has 1 heterocycles. The van der Waals surface area contributed by atoms with E-state index in [0.29, 0.717) is 17.8 Å². The van der Waals surface area contributed by atoms with Crippen molar-refractivity contribution in [3.05, 3.63) is 71.6 Å². The van der Waals surface area contributed by atoms with Gasteiger partial charge < -0.3 is 10.6 Å². The summed E-state index contributed by atoms with van der Waals surface area (Å²) >= 11 is 0. The molecule has 1 aromatic heterocycles. The lowest BCUT2D eigenvalue weighted by Gasteiger charge is -2.07. The van der Waals surface area contributed by atoms with E-state index in [0.717, 1.165) is 5.56 Å². The number of hydrogen-bond donors (Lipinski definition) is 2. The van der Waals surface area contributed by atoms with Gasteiger partial charge in [-0.15, -0.1) is 0 Å². The number of ketones is 1. The zero-order valence-corrected chi connectivity index (χ0v) is 14.1. The predicted octanol–water partition coefficient (Wildman–Crippen LogP) is 2.49. The van der Waals surface area contributed by atoms with Crippen LogP contribution in [-0.4, -0.2) is 22.6 Å². The second kappa shape index (κ2) is 8.54. The summed E-state index contributed by atoms with van der Waals surface area (Å²) in [5, 5.41) is 5.37. The van der Waals surface area contributed by atoms with Crippen LogP contribution in [0.3, 0.4) is 0 Å². The number of aromatic nitrogens is 1. The van der Waals surface area contributed by atoms with Gasteiger partial charge in [-0.05, 0) is 49.7 Å². The van der Waals surface area contributed by atoms with Crippen LogP contribution < -0.4 is 10.6 Å². The third-order valence-electron chi connectivity index (χ3n) is 3.44. The van der Waals surface area contributed by atoms with Crippen molar-refractivity contribution in [3.8, 4) is 0 Å². The highest BCUT2D eigenvalue weighted by Crippen LogP contribution is 2.11. The summed E-state index contributed by atoms with van der Waals surface area (Å²) in [4.78, 5) is 39.2. The molecule has 2 amide bonds. The summed E-state index contributed by atoms with van der Waals surface area (Å²) in [7, 11) is 0. The summed E-state index contributed by atoms with van der Waals surface area (Å²) in [6.07, 6.45) is 4.56. The van der Waals surface area contributed by atoms with E-state index in [1.54, 1.807) is 49.6 Å². The number of carbonyl (C=O) groups is 3. The van der Waals surface area contributed by atoms with Crippen molar-refractivity contribution >= 4 is 23.3 Å². The zero-order valence-electron chi connectivity index (χ0n) is 14.1. The van der Waals surface area contributed by atoms with Gasteiger partial charge >= 0.3 is 0 Å². The van der Waals surface area contributed by atoms with Crippen LogP contribution in [0.15, 0.2) is 60.4 Å². The monoisotopic (exact) mass is 337 g/mol. The van der Waals surface area contributed by atoms with Crippen LogP contribution in [-0.2, 0) is 16.1 Å². The van der Waals surface area contributed by atoms with Crippen molar-refractivity contribution in [2.45, 2.75) is 20.4 Å². The van der Waals surface area contributed by atoms with E-state index < -0.39 is 0 Å². The smallest absolute Gasteiger partial charge is 0.251 e. The molecule has 1 aromatic carbocycles. The molecule has 0 aliphatic carbocycles. The number of rotatable bonds is 6. The quantitative estimate of drug-likeness (QED) is 0.626. The van der Waals surface area contributed by atoms with Gasteiger partial charge in [0.25, 0.3) is 5.91 Å². The van der Waals surface area contributed by atoms with E-state index in [9.17, 15) is 14.4 Å². The molecule has 0 saturated heterocycles. The molecule has 2 rings (SSSR count). The largest absolute Gasteiger partial charge is 0.348 e. The van der Waals surface area contributed by atoms with Gasteiger partial charge in [0.05, 0.1) is 0 Å². The zero-order chi connectivity index (χ0) is 18.2. The lowest BCUT2D eigenvalue weighted by molar-refractivity contribution is -0.117. The molecule has 6 nitrogen and oxygen atoms in total. The Kier molecular flexibility index (Phi) is 6.17. The normalized spacial score (nSPS) is 10.9. The summed E-state index contributed by atoms with van der Waals surface area (Å²) in [6.45, 7) is 3.37. The number of benzene rings is 1.